The third kappa shape index (κ3) is 3.55. The molecule has 1 amide bonds. The molecule has 0 heterocycles. The molecule has 2 atom stereocenters. The molecule has 98 valence electrons. The summed E-state index contributed by atoms with van der Waals surface area (Å²) < 4.78 is 26.6. The van der Waals surface area contributed by atoms with Gasteiger partial charge in [0.25, 0.3) is 0 Å². The van der Waals surface area contributed by atoms with Crippen molar-refractivity contribution < 1.29 is 13.2 Å². The highest BCUT2D eigenvalue weighted by Gasteiger charge is 2.40. The van der Waals surface area contributed by atoms with E-state index in [4.69, 9.17) is 0 Å². The molecule has 2 rings (SSSR count). The summed E-state index contributed by atoms with van der Waals surface area (Å²) in [5, 5.41) is 0. The average molecular weight is 332 g/mol. The van der Waals surface area contributed by atoms with Gasteiger partial charge in [-0.1, -0.05) is 35.0 Å². The van der Waals surface area contributed by atoms with Gasteiger partial charge < -0.3 is 0 Å². The second-order valence-corrected chi connectivity index (χ2v) is 7.31. The number of hydrogen-bond acceptors (Lipinski definition) is 3. The highest BCUT2D eigenvalue weighted by Crippen LogP contribution is 2.37. The molecule has 4 nitrogen and oxygen atoms in total. The van der Waals surface area contributed by atoms with E-state index < -0.39 is 10.0 Å². The number of amides is 1. The van der Waals surface area contributed by atoms with Gasteiger partial charge in [-0.15, -0.1) is 0 Å². The van der Waals surface area contributed by atoms with Crippen LogP contribution in [0.4, 0.5) is 0 Å². The predicted molar refractivity (Wildman–Crippen MR) is 72.2 cm³/mol. The summed E-state index contributed by atoms with van der Waals surface area (Å²) >= 11 is 3.28. The number of carbonyl (C=O) groups excluding carboxylic acids is 1. The second-order valence-electron chi connectivity index (χ2n) is 4.67. The van der Waals surface area contributed by atoms with Gasteiger partial charge in [0.15, 0.2) is 0 Å². The van der Waals surface area contributed by atoms with Crippen LogP contribution in [0, 0.1) is 11.8 Å². The van der Waals surface area contributed by atoms with Gasteiger partial charge in [-0.3, -0.25) is 9.52 Å². The van der Waals surface area contributed by atoms with Crippen molar-refractivity contribution in [1.29, 1.82) is 0 Å². The maximum Gasteiger partial charge on any atom is 0.239 e. The number of halogens is 1. The standard InChI is InChI=1S/C12H14BrNO3S/c1-8-6-11(8)12(15)14-18(16,17)7-9-2-4-10(13)5-3-9/h2-5,8,11H,6-7H2,1H3,(H,14,15)/t8-,11-/m0/s1. The molecule has 1 aliphatic rings. The van der Waals surface area contributed by atoms with Crippen molar-refractivity contribution in [1.82, 2.24) is 4.72 Å². The predicted octanol–water partition coefficient (Wildman–Crippen LogP) is 2.05. The Morgan fingerprint density at radius 2 is 1.94 bits per heavy atom. The number of sulfonamides is 1. The number of benzene rings is 1. The van der Waals surface area contributed by atoms with Crippen LogP contribution in [0.3, 0.4) is 0 Å². The number of hydrogen-bond donors (Lipinski definition) is 1. The molecule has 0 bridgehead atoms. The van der Waals surface area contributed by atoms with Gasteiger partial charge in [-0.2, -0.15) is 0 Å². The molecule has 0 spiro atoms. The number of rotatable bonds is 4. The van der Waals surface area contributed by atoms with E-state index in [9.17, 15) is 13.2 Å². The van der Waals surface area contributed by atoms with Crippen molar-refractivity contribution in [3.63, 3.8) is 0 Å². The van der Waals surface area contributed by atoms with Crippen molar-refractivity contribution >= 4 is 31.9 Å². The van der Waals surface area contributed by atoms with Crippen molar-refractivity contribution in [2.24, 2.45) is 11.8 Å². The van der Waals surface area contributed by atoms with Gasteiger partial charge in [0.05, 0.1) is 5.75 Å². The Balaban J connectivity index is 1.99. The molecule has 1 aliphatic carbocycles. The summed E-state index contributed by atoms with van der Waals surface area (Å²) in [4.78, 5) is 11.6. The Morgan fingerprint density at radius 1 is 1.39 bits per heavy atom. The van der Waals surface area contributed by atoms with Gasteiger partial charge in [-0.25, -0.2) is 8.42 Å². The van der Waals surface area contributed by atoms with Crippen LogP contribution in [0.15, 0.2) is 28.7 Å². The van der Waals surface area contributed by atoms with Gasteiger partial charge in [0.2, 0.25) is 15.9 Å². The zero-order valence-electron chi connectivity index (χ0n) is 9.89. The fourth-order valence-corrected chi connectivity index (χ4v) is 3.18. The van der Waals surface area contributed by atoms with E-state index in [1.54, 1.807) is 24.3 Å². The van der Waals surface area contributed by atoms with Crippen LogP contribution >= 0.6 is 15.9 Å². The first-order valence-corrected chi connectivity index (χ1v) is 8.11. The fraction of sp³-hybridized carbons (Fsp3) is 0.417. The van der Waals surface area contributed by atoms with E-state index in [-0.39, 0.29) is 17.6 Å². The Hall–Kier alpha value is -0.880. The van der Waals surface area contributed by atoms with Gasteiger partial charge in [0.1, 0.15) is 0 Å². The van der Waals surface area contributed by atoms with Crippen LogP contribution in [-0.2, 0) is 20.6 Å². The topological polar surface area (TPSA) is 63.2 Å². The van der Waals surface area contributed by atoms with Crippen molar-refractivity contribution in [3.05, 3.63) is 34.3 Å². The Morgan fingerprint density at radius 3 is 2.44 bits per heavy atom. The van der Waals surface area contributed by atoms with Crippen LogP contribution < -0.4 is 4.72 Å². The summed E-state index contributed by atoms with van der Waals surface area (Å²) in [6, 6.07) is 6.98. The number of nitrogens with one attached hydrogen (secondary N) is 1. The summed E-state index contributed by atoms with van der Waals surface area (Å²) in [5.74, 6) is -0.384. The lowest BCUT2D eigenvalue weighted by Crippen LogP contribution is -2.33. The molecule has 0 aliphatic heterocycles. The molecule has 0 saturated heterocycles. The minimum atomic E-state index is -3.59. The lowest BCUT2D eigenvalue weighted by Gasteiger charge is -2.06. The van der Waals surface area contributed by atoms with E-state index in [1.165, 1.54) is 0 Å². The first kappa shape index (κ1) is 13.5. The minimum absolute atomic E-state index is 0.135. The highest BCUT2D eigenvalue weighted by molar-refractivity contribution is 9.10. The second kappa shape index (κ2) is 5.01. The normalized spacial score (nSPS) is 22.6. The lowest BCUT2D eigenvalue weighted by molar-refractivity contribution is -0.120. The highest BCUT2D eigenvalue weighted by atomic mass is 79.9. The molecular weight excluding hydrogens is 318 g/mol. The molecule has 0 radical (unpaired) electrons. The lowest BCUT2D eigenvalue weighted by atomic mass is 10.2. The Bertz CT molecular complexity index is 553. The van der Waals surface area contributed by atoms with E-state index in [0.29, 0.717) is 11.5 Å². The molecule has 1 N–H and O–H groups in total. The molecule has 18 heavy (non-hydrogen) atoms. The molecule has 1 aromatic rings. The van der Waals surface area contributed by atoms with E-state index >= 15 is 0 Å². The van der Waals surface area contributed by atoms with Crippen LogP contribution in [-0.4, -0.2) is 14.3 Å². The molecule has 0 unspecified atom stereocenters. The molecule has 6 heteroatoms. The van der Waals surface area contributed by atoms with Crippen LogP contribution in [0.25, 0.3) is 0 Å². The Labute approximate surface area is 115 Å². The van der Waals surface area contributed by atoms with E-state index in [1.807, 2.05) is 6.92 Å². The van der Waals surface area contributed by atoms with Crippen molar-refractivity contribution in [2.75, 3.05) is 0 Å². The minimum Gasteiger partial charge on any atom is -0.274 e. The monoisotopic (exact) mass is 331 g/mol. The summed E-state index contributed by atoms with van der Waals surface area (Å²) in [6.07, 6.45) is 0.777. The molecule has 0 aromatic heterocycles. The first-order valence-electron chi connectivity index (χ1n) is 5.66. The molecule has 1 fully saturated rings. The van der Waals surface area contributed by atoms with E-state index in [0.717, 1.165) is 10.9 Å². The zero-order chi connectivity index (χ0) is 13.3. The maximum atomic E-state index is 11.8. The van der Waals surface area contributed by atoms with Crippen molar-refractivity contribution in [3.8, 4) is 0 Å². The van der Waals surface area contributed by atoms with E-state index in [2.05, 4.69) is 20.7 Å². The summed E-state index contributed by atoms with van der Waals surface area (Å²) in [7, 11) is -3.59. The summed E-state index contributed by atoms with van der Waals surface area (Å²) in [5.41, 5.74) is 0.655. The van der Waals surface area contributed by atoms with Gasteiger partial charge in [0, 0.05) is 10.4 Å². The van der Waals surface area contributed by atoms with Gasteiger partial charge >= 0.3 is 0 Å². The smallest absolute Gasteiger partial charge is 0.239 e. The van der Waals surface area contributed by atoms with Crippen LogP contribution in [0.1, 0.15) is 18.9 Å². The molecular formula is C12H14BrNO3S. The van der Waals surface area contributed by atoms with Gasteiger partial charge in [-0.05, 0) is 30.0 Å². The number of carbonyl (C=O) groups is 1. The average Bonchev–Trinajstić information content (AvgIpc) is 2.98. The zero-order valence-corrected chi connectivity index (χ0v) is 12.3. The first-order chi connectivity index (χ1) is 8.37. The Kier molecular flexibility index (Phi) is 3.77. The quantitative estimate of drug-likeness (QED) is 0.918. The SMILES string of the molecule is C[C@H]1C[C@@H]1C(=O)NS(=O)(=O)Cc1ccc(Br)cc1. The largest absolute Gasteiger partial charge is 0.274 e. The fourth-order valence-electron chi connectivity index (χ4n) is 1.75. The van der Waals surface area contributed by atoms with Crippen LogP contribution in [0.2, 0.25) is 0 Å². The third-order valence-electron chi connectivity index (χ3n) is 2.97. The van der Waals surface area contributed by atoms with Crippen molar-refractivity contribution in [2.45, 2.75) is 19.1 Å². The van der Waals surface area contributed by atoms with Crippen LogP contribution in [0.5, 0.6) is 0 Å². The molecule has 1 saturated carbocycles. The summed E-state index contributed by atoms with van der Waals surface area (Å²) in [6.45, 7) is 1.94. The maximum absolute atomic E-state index is 11.8. The molecule has 1 aromatic carbocycles. The third-order valence-corrected chi connectivity index (χ3v) is 4.73.